The van der Waals surface area contributed by atoms with Gasteiger partial charge in [-0.15, -0.1) is 0 Å². The highest BCUT2D eigenvalue weighted by atomic mass is 16.5. The van der Waals surface area contributed by atoms with Crippen molar-refractivity contribution >= 4 is 11.8 Å². The van der Waals surface area contributed by atoms with Gasteiger partial charge in [-0.25, -0.2) is 0 Å². The third-order valence-corrected chi connectivity index (χ3v) is 5.53. The van der Waals surface area contributed by atoms with Crippen molar-refractivity contribution in [2.24, 2.45) is 5.92 Å². The lowest BCUT2D eigenvalue weighted by atomic mass is 10.1. The van der Waals surface area contributed by atoms with Gasteiger partial charge in [-0.05, 0) is 41.8 Å². The summed E-state index contributed by atoms with van der Waals surface area (Å²) < 4.78 is 10.6. The van der Waals surface area contributed by atoms with Crippen molar-refractivity contribution in [3.05, 3.63) is 59.2 Å². The van der Waals surface area contributed by atoms with E-state index < -0.39 is 0 Å². The van der Waals surface area contributed by atoms with Crippen LogP contribution in [0.4, 0.5) is 0 Å². The lowest BCUT2D eigenvalue weighted by Gasteiger charge is -2.22. The van der Waals surface area contributed by atoms with Crippen LogP contribution in [-0.2, 0) is 22.6 Å². The molecule has 1 heterocycles. The molecule has 1 aliphatic rings. The molecule has 1 fully saturated rings. The zero-order valence-corrected chi connectivity index (χ0v) is 18.1. The normalized spacial score (nSPS) is 15.5. The zero-order valence-electron chi connectivity index (χ0n) is 18.1. The largest absolute Gasteiger partial charge is 0.493 e. The molecule has 0 aromatic heterocycles. The van der Waals surface area contributed by atoms with Gasteiger partial charge in [0.15, 0.2) is 11.5 Å². The molecule has 3 rings (SSSR count). The van der Waals surface area contributed by atoms with Crippen LogP contribution in [-0.4, -0.2) is 56.0 Å². The Kier molecular flexibility index (Phi) is 7.14. The molecule has 162 valence electrons. The Morgan fingerprint density at radius 2 is 1.94 bits per heavy atom. The van der Waals surface area contributed by atoms with Gasteiger partial charge in [0.2, 0.25) is 11.8 Å². The van der Waals surface area contributed by atoms with E-state index in [0.29, 0.717) is 43.1 Å². The number of methoxy groups -OCH3 is 2. The van der Waals surface area contributed by atoms with E-state index in [1.807, 2.05) is 24.3 Å². The van der Waals surface area contributed by atoms with E-state index in [1.165, 1.54) is 0 Å². The number of amides is 2. The Morgan fingerprint density at radius 1 is 1.16 bits per heavy atom. The third kappa shape index (κ3) is 5.34. The molecular formula is C24H27N3O4. The van der Waals surface area contributed by atoms with E-state index in [-0.39, 0.29) is 24.2 Å². The average molecular weight is 421 g/mol. The van der Waals surface area contributed by atoms with Crippen molar-refractivity contribution in [3.8, 4) is 17.6 Å². The van der Waals surface area contributed by atoms with E-state index in [9.17, 15) is 9.59 Å². The van der Waals surface area contributed by atoms with Crippen LogP contribution >= 0.6 is 0 Å². The first-order valence-corrected chi connectivity index (χ1v) is 10.2. The van der Waals surface area contributed by atoms with Crippen LogP contribution in [0.1, 0.15) is 23.1 Å². The molecule has 1 atom stereocenters. The second-order valence-electron chi connectivity index (χ2n) is 7.69. The first-order chi connectivity index (χ1) is 14.9. The van der Waals surface area contributed by atoms with Crippen LogP contribution in [0.15, 0.2) is 42.5 Å². The highest BCUT2D eigenvalue weighted by Crippen LogP contribution is 2.28. The molecular weight excluding hydrogens is 394 g/mol. The second kappa shape index (κ2) is 9.98. The molecule has 31 heavy (non-hydrogen) atoms. The first kappa shape index (κ1) is 22.2. The zero-order chi connectivity index (χ0) is 22.4. The standard InChI is InChI=1S/C24H27N3O4/c1-26(15-19-6-4-5-18(11-19)14-25)24(29)20-13-23(28)27(16-20)10-9-17-7-8-21(30-2)22(12-17)31-3/h4-8,11-12,20H,9-10,13,15-16H2,1-3H3. The highest BCUT2D eigenvalue weighted by Gasteiger charge is 2.35. The van der Waals surface area contributed by atoms with Crippen LogP contribution in [0.5, 0.6) is 11.5 Å². The summed E-state index contributed by atoms with van der Waals surface area (Å²) in [4.78, 5) is 28.7. The molecule has 0 N–H and O–H groups in total. The number of ether oxygens (including phenoxy) is 2. The molecule has 7 heteroatoms. The van der Waals surface area contributed by atoms with Gasteiger partial charge in [0, 0.05) is 33.1 Å². The van der Waals surface area contributed by atoms with Crippen molar-refractivity contribution in [1.29, 1.82) is 5.26 Å². The molecule has 1 saturated heterocycles. The fourth-order valence-electron chi connectivity index (χ4n) is 3.86. The summed E-state index contributed by atoms with van der Waals surface area (Å²) in [6.07, 6.45) is 0.900. The maximum Gasteiger partial charge on any atom is 0.228 e. The van der Waals surface area contributed by atoms with Crippen LogP contribution < -0.4 is 9.47 Å². The quantitative estimate of drug-likeness (QED) is 0.654. The van der Waals surface area contributed by atoms with Crippen LogP contribution in [0.25, 0.3) is 0 Å². The predicted molar refractivity (Wildman–Crippen MR) is 116 cm³/mol. The topological polar surface area (TPSA) is 82.9 Å². The van der Waals surface area contributed by atoms with Gasteiger partial charge in [0.1, 0.15) is 0 Å². The molecule has 2 aromatic carbocycles. The molecule has 2 aromatic rings. The van der Waals surface area contributed by atoms with Crippen molar-refractivity contribution in [3.63, 3.8) is 0 Å². The second-order valence-corrected chi connectivity index (χ2v) is 7.69. The number of benzene rings is 2. The molecule has 0 bridgehead atoms. The number of likely N-dealkylation sites (tertiary alicyclic amines) is 1. The lowest BCUT2D eigenvalue weighted by Crippen LogP contribution is -2.34. The van der Waals surface area contributed by atoms with Crippen molar-refractivity contribution in [1.82, 2.24) is 9.80 Å². The summed E-state index contributed by atoms with van der Waals surface area (Å²) >= 11 is 0. The minimum atomic E-state index is -0.345. The molecule has 0 radical (unpaired) electrons. The maximum absolute atomic E-state index is 12.9. The Morgan fingerprint density at radius 3 is 2.65 bits per heavy atom. The van der Waals surface area contributed by atoms with E-state index in [4.69, 9.17) is 14.7 Å². The molecule has 7 nitrogen and oxygen atoms in total. The molecule has 0 spiro atoms. The van der Waals surface area contributed by atoms with Gasteiger partial charge in [-0.3, -0.25) is 9.59 Å². The maximum atomic E-state index is 12.9. The molecule has 0 saturated carbocycles. The summed E-state index contributed by atoms with van der Waals surface area (Å²) in [7, 11) is 4.92. The minimum Gasteiger partial charge on any atom is -0.493 e. The van der Waals surface area contributed by atoms with E-state index >= 15 is 0 Å². The fraction of sp³-hybridized carbons (Fsp3) is 0.375. The van der Waals surface area contributed by atoms with Gasteiger partial charge in [0.05, 0.1) is 31.8 Å². The molecule has 2 amide bonds. The Hall–Kier alpha value is -3.53. The molecule has 1 unspecified atom stereocenters. The van der Waals surface area contributed by atoms with Gasteiger partial charge >= 0.3 is 0 Å². The Balaban J connectivity index is 1.56. The van der Waals surface area contributed by atoms with Gasteiger partial charge < -0.3 is 19.3 Å². The predicted octanol–water partition coefficient (Wildman–Crippen LogP) is 2.63. The monoisotopic (exact) mass is 421 g/mol. The number of nitriles is 1. The number of carbonyl (C=O) groups is 2. The average Bonchev–Trinajstić information content (AvgIpc) is 3.17. The number of carbonyl (C=O) groups excluding carboxylic acids is 2. The van der Waals surface area contributed by atoms with E-state index in [0.717, 1.165) is 11.1 Å². The van der Waals surface area contributed by atoms with Crippen molar-refractivity contribution in [2.75, 3.05) is 34.4 Å². The van der Waals surface area contributed by atoms with E-state index in [2.05, 4.69) is 6.07 Å². The van der Waals surface area contributed by atoms with Gasteiger partial charge in [0.25, 0.3) is 0 Å². The summed E-state index contributed by atoms with van der Waals surface area (Å²) in [6, 6.07) is 15.0. The van der Waals surface area contributed by atoms with Crippen molar-refractivity contribution < 1.29 is 19.1 Å². The Labute approximate surface area is 182 Å². The minimum absolute atomic E-state index is 0.00120. The Bertz CT molecular complexity index is 999. The number of nitrogens with zero attached hydrogens (tertiary/aromatic N) is 3. The van der Waals surface area contributed by atoms with Crippen molar-refractivity contribution in [2.45, 2.75) is 19.4 Å². The lowest BCUT2D eigenvalue weighted by molar-refractivity contribution is -0.135. The summed E-state index contributed by atoms with van der Waals surface area (Å²) in [5.41, 5.74) is 2.50. The van der Waals surface area contributed by atoms with Gasteiger partial charge in [-0.2, -0.15) is 5.26 Å². The summed E-state index contributed by atoms with van der Waals surface area (Å²) in [5.74, 6) is 0.922. The van der Waals surface area contributed by atoms with Crippen LogP contribution in [0, 0.1) is 17.2 Å². The number of rotatable bonds is 8. The smallest absolute Gasteiger partial charge is 0.228 e. The molecule has 0 aliphatic carbocycles. The number of hydrogen-bond donors (Lipinski definition) is 0. The van der Waals surface area contributed by atoms with Crippen LogP contribution in [0.3, 0.4) is 0 Å². The molecule has 1 aliphatic heterocycles. The third-order valence-electron chi connectivity index (χ3n) is 5.53. The van der Waals surface area contributed by atoms with Gasteiger partial charge in [-0.1, -0.05) is 18.2 Å². The first-order valence-electron chi connectivity index (χ1n) is 10.2. The number of hydrogen-bond acceptors (Lipinski definition) is 5. The summed E-state index contributed by atoms with van der Waals surface area (Å²) in [6.45, 7) is 1.38. The van der Waals surface area contributed by atoms with E-state index in [1.54, 1.807) is 49.3 Å². The SMILES string of the molecule is COc1ccc(CCN2CC(C(=O)N(C)Cc3cccc(C#N)c3)CC2=O)cc1OC. The fourth-order valence-corrected chi connectivity index (χ4v) is 3.86. The highest BCUT2D eigenvalue weighted by molar-refractivity contribution is 5.89. The summed E-state index contributed by atoms with van der Waals surface area (Å²) in [5, 5.41) is 9.04. The van der Waals surface area contributed by atoms with Crippen LogP contribution in [0.2, 0.25) is 0 Å².